The van der Waals surface area contributed by atoms with E-state index in [1.165, 1.54) is 11.8 Å². The van der Waals surface area contributed by atoms with Crippen LogP contribution in [0.5, 0.6) is 0 Å². The minimum absolute atomic E-state index is 0.0104. The second-order valence-electron chi connectivity index (χ2n) is 6.54. The van der Waals surface area contributed by atoms with Crippen LogP contribution in [0.15, 0.2) is 23.4 Å². The highest BCUT2D eigenvalue weighted by Gasteiger charge is 2.21. The van der Waals surface area contributed by atoms with Gasteiger partial charge in [-0.1, -0.05) is 43.8 Å². The maximum absolute atomic E-state index is 12.4. The SMILES string of the molecule is Cc1cccc(C(C)C)c1NC(=O)CSc1n[nH]c([C@H]2CCCO2)n1. The third-order valence-corrected chi connectivity index (χ3v) is 5.09. The van der Waals surface area contributed by atoms with Gasteiger partial charge in [0.15, 0.2) is 5.82 Å². The fourth-order valence-corrected chi connectivity index (χ4v) is 3.51. The number of ether oxygens (including phenoxy) is 1. The maximum Gasteiger partial charge on any atom is 0.234 e. The van der Waals surface area contributed by atoms with Crippen LogP contribution >= 0.6 is 11.8 Å². The molecule has 3 rings (SSSR count). The summed E-state index contributed by atoms with van der Waals surface area (Å²) in [7, 11) is 0. The highest BCUT2D eigenvalue weighted by molar-refractivity contribution is 7.99. The lowest BCUT2D eigenvalue weighted by Crippen LogP contribution is -2.16. The fourth-order valence-electron chi connectivity index (χ4n) is 2.91. The van der Waals surface area contributed by atoms with Gasteiger partial charge in [-0.25, -0.2) is 4.98 Å². The van der Waals surface area contributed by atoms with Gasteiger partial charge in [0.2, 0.25) is 11.1 Å². The first-order chi connectivity index (χ1) is 12.0. The number of amides is 1. The largest absolute Gasteiger partial charge is 0.370 e. The second kappa shape index (κ2) is 8.01. The molecule has 1 fully saturated rings. The topological polar surface area (TPSA) is 79.9 Å². The molecule has 1 aromatic carbocycles. The van der Waals surface area contributed by atoms with E-state index in [1.54, 1.807) is 0 Å². The Labute approximate surface area is 152 Å². The highest BCUT2D eigenvalue weighted by Crippen LogP contribution is 2.29. The van der Waals surface area contributed by atoms with E-state index in [2.05, 4.69) is 40.4 Å². The Morgan fingerprint density at radius 3 is 3.04 bits per heavy atom. The van der Waals surface area contributed by atoms with Crippen molar-refractivity contribution in [1.29, 1.82) is 0 Å². The number of carbonyl (C=O) groups is 1. The number of hydrogen-bond donors (Lipinski definition) is 2. The molecule has 0 bridgehead atoms. The van der Waals surface area contributed by atoms with Crippen molar-refractivity contribution < 1.29 is 9.53 Å². The van der Waals surface area contributed by atoms with Crippen molar-refractivity contribution in [1.82, 2.24) is 15.2 Å². The molecule has 2 N–H and O–H groups in total. The van der Waals surface area contributed by atoms with E-state index in [0.717, 1.165) is 42.1 Å². The predicted octanol–water partition coefficient (Wildman–Crippen LogP) is 3.82. The molecule has 1 amide bonds. The van der Waals surface area contributed by atoms with Crippen molar-refractivity contribution in [3.63, 3.8) is 0 Å². The van der Waals surface area contributed by atoms with E-state index < -0.39 is 0 Å². The van der Waals surface area contributed by atoms with Gasteiger partial charge in [0, 0.05) is 12.3 Å². The van der Waals surface area contributed by atoms with Crippen LogP contribution in [0.3, 0.4) is 0 Å². The normalized spacial score (nSPS) is 17.2. The molecule has 0 spiro atoms. The zero-order valence-electron chi connectivity index (χ0n) is 14.8. The van der Waals surface area contributed by atoms with E-state index in [4.69, 9.17) is 4.74 Å². The number of aromatic nitrogens is 3. The summed E-state index contributed by atoms with van der Waals surface area (Å²) in [6.07, 6.45) is 2.02. The summed E-state index contributed by atoms with van der Waals surface area (Å²) in [5.74, 6) is 1.32. The lowest BCUT2D eigenvalue weighted by atomic mass is 9.98. The Bertz CT molecular complexity index is 738. The molecule has 1 aliphatic rings. The Balaban J connectivity index is 1.58. The Morgan fingerprint density at radius 2 is 2.32 bits per heavy atom. The molecule has 6 nitrogen and oxygen atoms in total. The van der Waals surface area contributed by atoms with Crippen molar-refractivity contribution in [3.05, 3.63) is 35.2 Å². The van der Waals surface area contributed by atoms with E-state index in [9.17, 15) is 4.79 Å². The smallest absolute Gasteiger partial charge is 0.234 e. The molecule has 1 atom stereocenters. The summed E-state index contributed by atoms with van der Waals surface area (Å²) in [4.78, 5) is 16.8. The number of nitrogens with one attached hydrogen (secondary N) is 2. The molecule has 0 unspecified atom stereocenters. The molecule has 1 aliphatic heterocycles. The van der Waals surface area contributed by atoms with Gasteiger partial charge < -0.3 is 10.1 Å². The summed E-state index contributed by atoms with van der Waals surface area (Å²) in [6.45, 7) is 7.03. The van der Waals surface area contributed by atoms with Gasteiger partial charge >= 0.3 is 0 Å². The summed E-state index contributed by atoms with van der Waals surface area (Å²) in [5.41, 5.74) is 3.14. The molecule has 2 heterocycles. The maximum atomic E-state index is 12.4. The van der Waals surface area contributed by atoms with Crippen molar-refractivity contribution in [3.8, 4) is 0 Å². The molecule has 2 aromatic rings. The van der Waals surface area contributed by atoms with Gasteiger partial charge in [0.05, 0.1) is 5.75 Å². The number of aryl methyl sites for hydroxylation is 1. The van der Waals surface area contributed by atoms with Crippen LogP contribution in [0.25, 0.3) is 0 Å². The molecule has 134 valence electrons. The summed E-state index contributed by atoms with van der Waals surface area (Å²) < 4.78 is 5.58. The van der Waals surface area contributed by atoms with E-state index in [1.807, 2.05) is 19.1 Å². The molecule has 1 aromatic heterocycles. The molecule has 0 saturated carbocycles. The van der Waals surface area contributed by atoms with Crippen molar-refractivity contribution >= 4 is 23.4 Å². The quantitative estimate of drug-likeness (QED) is 0.766. The van der Waals surface area contributed by atoms with Crippen LogP contribution in [0.2, 0.25) is 0 Å². The van der Waals surface area contributed by atoms with Crippen molar-refractivity contribution in [2.75, 3.05) is 17.7 Å². The minimum atomic E-state index is -0.0512. The Morgan fingerprint density at radius 1 is 1.48 bits per heavy atom. The van der Waals surface area contributed by atoms with E-state index >= 15 is 0 Å². The molecule has 0 radical (unpaired) electrons. The number of rotatable bonds is 6. The lowest BCUT2D eigenvalue weighted by molar-refractivity contribution is -0.113. The number of hydrogen-bond acceptors (Lipinski definition) is 5. The van der Waals surface area contributed by atoms with Crippen LogP contribution in [-0.4, -0.2) is 33.4 Å². The standard InChI is InChI=1S/C18H24N4O2S/c1-11(2)13-7-4-6-12(3)16(13)19-15(23)10-25-18-20-17(21-22-18)14-8-5-9-24-14/h4,6-7,11,14H,5,8-10H2,1-3H3,(H,19,23)(H,20,21,22)/t14-/m1/s1. The van der Waals surface area contributed by atoms with Crippen molar-refractivity contribution in [2.45, 2.75) is 50.8 Å². The zero-order chi connectivity index (χ0) is 17.8. The van der Waals surface area contributed by atoms with Crippen LogP contribution in [0.4, 0.5) is 5.69 Å². The number of carbonyl (C=O) groups excluding carboxylic acids is 1. The highest BCUT2D eigenvalue weighted by atomic mass is 32.2. The summed E-state index contributed by atoms with van der Waals surface area (Å²) in [6, 6.07) is 6.09. The van der Waals surface area contributed by atoms with Crippen LogP contribution in [-0.2, 0) is 9.53 Å². The van der Waals surface area contributed by atoms with Gasteiger partial charge in [0.1, 0.15) is 6.10 Å². The number of nitrogens with zero attached hydrogens (tertiary/aromatic N) is 2. The molecule has 25 heavy (non-hydrogen) atoms. The fraction of sp³-hybridized carbons (Fsp3) is 0.500. The van der Waals surface area contributed by atoms with Gasteiger partial charge in [-0.3, -0.25) is 9.89 Å². The second-order valence-corrected chi connectivity index (χ2v) is 7.48. The predicted molar refractivity (Wildman–Crippen MR) is 98.9 cm³/mol. The van der Waals surface area contributed by atoms with Crippen LogP contribution < -0.4 is 5.32 Å². The molecular formula is C18H24N4O2S. The van der Waals surface area contributed by atoms with E-state index in [0.29, 0.717) is 11.1 Å². The van der Waals surface area contributed by atoms with Gasteiger partial charge in [-0.05, 0) is 36.8 Å². The monoisotopic (exact) mass is 360 g/mol. The van der Waals surface area contributed by atoms with E-state index in [-0.39, 0.29) is 17.8 Å². The molecule has 0 aliphatic carbocycles. The first-order valence-corrected chi connectivity index (χ1v) is 9.59. The number of para-hydroxylation sites is 1. The summed E-state index contributed by atoms with van der Waals surface area (Å²) >= 11 is 1.33. The van der Waals surface area contributed by atoms with Gasteiger partial charge in [-0.15, -0.1) is 5.10 Å². The van der Waals surface area contributed by atoms with Gasteiger partial charge in [-0.2, -0.15) is 0 Å². The van der Waals surface area contributed by atoms with Crippen molar-refractivity contribution in [2.24, 2.45) is 0 Å². The average molecular weight is 360 g/mol. The third-order valence-electron chi connectivity index (χ3n) is 4.24. The lowest BCUT2D eigenvalue weighted by Gasteiger charge is -2.16. The first kappa shape index (κ1) is 17.9. The average Bonchev–Trinajstić information content (AvgIpc) is 3.25. The van der Waals surface area contributed by atoms with Crippen LogP contribution in [0, 0.1) is 6.92 Å². The first-order valence-electron chi connectivity index (χ1n) is 8.60. The number of anilines is 1. The Hall–Kier alpha value is -1.86. The molecular weight excluding hydrogens is 336 g/mol. The number of thioether (sulfide) groups is 1. The number of aromatic amines is 1. The van der Waals surface area contributed by atoms with Gasteiger partial charge in [0.25, 0.3) is 0 Å². The van der Waals surface area contributed by atoms with Crippen LogP contribution in [0.1, 0.15) is 55.7 Å². The number of H-pyrrole nitrogens is 1. The summed E-state index contributed by atoms with van der Waals surface area (Å²) in [5, 5.41) is 10.7. The third kappa shape index (κ3) is 4.41. The Kier molecular flexibility index (Phi) is 5.75. The molecule has 1 saturated heterocycles. The minimum Gasteiger partial charge on any atom is -0.370 e. The molecule has 7 heteroatoms. The zero-order valence-corrected chi connectivity index (χ0v) is 15.7. The number of benzene rings is 1.